The average Bonchev–Trinajstić information content (AvgIpc) is 3.04. The molecule has 1 aromatic heterocycles. The zero-order valence-corrected chi connectivity index (χ0v) is 13.0. The second kappa shape index (κ2) is 6.67. The van der Waals surface area contributed by atoms with E-state index in [0.29, 0.717) is 12.0 Å². The Morgan fingerprint density at radius 1 is 1.13 bits per heavy atom. The fourth-order valence-corrected chi connectivity index (χ4v) is 2.70. The molecule has 2 atom stereocenters. The SMILES string of the molecule is CC(NC(=O)c1cccc2[nH]ccc12)C(O)Cc1ccccc1. The molecular weight excluding hydrogens is 288 g/mol. The third-order valence-corrected chi connectivity index (χ3v) is 4.06. The summed E-state index contributed by atoms with van der Waals surface area (Å²) in [7, 11) is 0. The Balaban J connectivity index is 1.68. The highest BCUT2D eigenvalue weighted by atomic mass is 16.3. The van der Waals surface area contributed by atoms with Gasteiger partial charge in [-0.1, -0.05) is 36.4 Å². The minimum absolute atomic E-state index is 0.171. The van der Waals surface area contributed by atoms with Crippen molar-refractivity contribution < 1.29 is 9.90 Å². The number of aliphatic hydroxyl groups excluding tert-OH is 1. The summed E-state index contributed by atoms with van der Waals surface area (Å²) in [6.45, 7) is 1.82. The van der Waals surface area contributed by atoms with Crippen LogP contribution in [0.25, 0.3) is 10.9 Å². The lowest BCUT2D eigenvalue weighted by Gasteiger charge is -2.20. The quantitative estimate of drug-likeness (QED) is 0.678. The first-order valence-electron chi connectivity index (χ1n) is 7.74. The molecule has 4 nitrogen and oxygen atoms in total. The summed E-state index contributed by atoms with van der Waals surface area (Å²) in [6, 6.07) is 16.9. The Morgan fingerprint density at radius 3 is 2.70 bits per heavy atom. The zero-order chi connectivity index (χ0) is 16.2. The third-order valence-electron chi connectivity index (χ3n) is 4.06. The molecule has 3 rings (SSSR count). The number of aromatic amines is 1. The second-order valence-electron chi connectivity index (χ2n) is 5.76. The van der Waals surface area contributed by atoms with Crippen LogP contribution in [-0.4, -0.2) is 28.1 Å². The number of nitrogens with one attached hydrogen (secondary N) is 2. The van der Waals surface area contributed by atoms with Gasteiger partial charge in [0.15, 0.2) is 0 Å². The van der Waals surface area contributed by atoms with Crippen LogP contribution in [0.1, 0.15) is 22.8 Å². The van der Waals surface area contributed by atoms with Crippen molar-refractivity contribution in [3.8, 4) is 0 Å². The van der Waals surface area contributed by atoms with Crippen LogP contribution in [0.2, 0.25) is 0 Å². The monoisotopic (exact) mass is 308 g/mol. The standard InChI is InChI=1S/C19H20N2O2/c1-13(18(22)12-14-6-3-2-4-7-14)21-19(23)16-8-5-9-17-15(16)10-11-20-17/h2-11,13,18,20,22H,12H2,1H3,(H,21,23). The molecule has 118 valence electrons. The minimum atomic E-state index is -0.633. The molecule has 0 bridgehead atoms. The Morgan fingerprint density at radius 2 is 1.91 bits per heavy atom. The fourth-order valence-electron chi connectivity index (χ4n) is 2.70. The molecule has 2 aromatic carbocycles. The minimum Gasteiger partial charge on any atom is -0.391 e. The first kappa shape index (κ1) is 15.3. The van der Waals surface area contributed by atoms with Crippen LogP contribution >= 0.6 is 0 Å². The summed E-state index contributed by atoms with van der Waals surface area (Å²) in [4.78, 5) is 15.6. The van der Waals surface area contributed by atoms with E-state index in [4.69, 9.17) is 0 Å². The van der Waals surface area contributed by atoms with Gasteiger partial charge in [-0.3, -0.25) is 4.79 Å². The van der Waals surface area contributed by atoms with Gasteiger partial charge in [-0.15, -0.1) is 0 Å². The van der Waals surface area contributed by atoms with Gasteiger partial charge < -0.3 is 15.4 Å². The number of aliphatic hydroxyl groups is 1. The van der Waals surface area contributed by atoms with Gasteiger partial charge >= 0.3 is 0 Å². The van der Waals surface area contributed by atoms with Crippen molar-refractivity contribution >= 4 is 16.8 Å². The molecular formula is C19H20N2O2. The van der Waals surface area contributed by atoms with Crippen molar-refractivity contribution in [2.24, 2.45) is 0 Å². The van der Waals surface area contributed by atoms with Crippen LogP contribution in [0.5, 0.6) is 0 Å². The predicted molar refractivity (Wildman–Crippen MR) is 91.4 cm³/mol. The molecule has 23 heavy (non-hydrogen) atoms. The van der Waals surface area contributed by atoms with Crippen LogP contribution in [0.3, 0.4) is 0 Å². The van der Waals surface area contributed by atoms with Crippen LogP contribution in [0.15, 0.2) is 60.8 Å². The number of fused-ring (bicyclic) bond motifs is 1. The van der Waals surface area contributed by atoms with Gasteiger partial charge in [0, 0.05) is 29.1 Å². The van der Waals surface area contributed by atoms with Crippen molar-refractivity contribution in [2.45, 2.75) is 25.5 Å². The number of rotatable bonds is 5. The van der Waals surface area contributed by atoms with E-state index in [1.54, 1.807) is 6.07 Å². The zero-order valence-electron chi connectivity index (χ0n) is 13.0. The molecule has 3 aromatic rings. The van der Waals surface area contributed by atoms with Crippen LogP contribution < -0.4 is 5.32 Å². The number of H-pyrrole nitrogens is 1. The summed E-state index contributed by atoms with van der Waals surface area (Å²) in [5, 5.41) is 14.1. The summed E-state index contributed by atoms with van der Waals surface area (Å²) in [5.41, 5.74) is 2.59. The Labute approximate surface area is 135 Å². The normalized spacial score (nSPS) is 13.7. The molecule has 4 heteroatoms. The van der Waals surface area contributed by atoms with Crippen molar-refractivity contribution in [1.82, 2.24) is 10.3 Å². The summed E-state index contributed by atoms with van der Waals surface area (Å²) < 4.78 is 0. The number of benzene rings is 2. The molecule has 0 radical (unpaired) electrons. The lowest BCUT2D eigenvalue weighted by molar-refractivity contribution is 0.0853. The van der Waals surface area contributed by atoms with Crippen molar-refractivity contribution in [2.75, 3.05) is 0 Å². The number of carbonyl (C=O) groups is 1. The highest BCUT2D eigenvalue weighted by Crippen LogP contribution is 2.17. The Kier molecular flexibility index (Phi) is 4.44. The summed E-state index contributed by atoms with van der Waals surface area (Å²) in [6.07, 6.45) is 1.69. The van der Waals surface area contributed by atoms with Gasteiger partial charge in [-0.05, 0) is 30.7 Å². The van der Waals surface area contributed by atoms with E-state index in [2.05, 4.69) is 10.3 Å². The molecule has 0 aliphatic rings. The molecule has 1 heterocycles. The molecule has 0 aliphatic heterocycles. The molecule has 0 aliphatic carbocycles. The number of amides is 1. The third kappa shape index (κ3) is 3.43. The molecule has 0 saturated carbocycles. The maximum absolute atomic E-state index is 12.5. The number of hydrogen-bond acceptors (Lipinski definition) is 2. The predicted octanol–water partition coefficient (Wildman–Crippen LogP) is 2.89. The maximum atomic E-state index is 12.5. The van der Waals surface area contributed by atoms with E-state index < -0.39 is 6.10 Å². The lowest BCUT2D eigenvalue weighted by atomic mass is 10.0. The van der Waals surface area contributed by atoms with Crippen LogP contribution in [-0.2, 0) is 6.42 Å². The van der Waals surface area contributed by atoms with Gasteiger partial charge in [0.1, 0.15) is 0 Å². The maximum Gasteiger partial charge on any atom is 0.252 e. The second-order valence-corrected chi connectivity index (χ2v) is 5.76. The van der Waals surface area contributed by atoms with E-state index in [1.165, 1.54) is 0 Å². The average molecular weight is 308 g/mol. The molecule has 0 saturated heterocycles. The highest BCUT2D eigenvalue weighted by molar-refractivity contribution is 6.06. The van der Waals surface area contributed by atoms with Crippen molar-refractivity contribution in [3.05, 3.63) is 71.9 Å². The van der Waals surface area contributed by atoms with Crippen molar-refractivity contribution in [1.29, 1.82) is 0 Å². The number of carbonyl (C=O) groups excluding carboxylic acids is 1. The van der Waals surface area contributed by atoms with E-state index in [1.807, 2.05) is 61.7 Å². The van der Waals surface area contributed by atoms with E-state index in [0.717, 1.165) is 16.5 Å². The van der Waals surface area contributed by atoms with Gasteiger partial charge in [-0.2, -0.15) is 0 Å². The van der Waals surface area contributed by atoms with E-state index >= 15 is 0 Å². The topological polar surface area (TPSA) is 65.1 Å². The number of aromatic nitrogens is 1. The molecule has 3 N–H and O–H groups in total. The molecule has 0 spiro atoms. The summed E-state index contributed by atoms with van der Waals surface area (Å²) in [5.74, 6) is -0.171. The first-order valence-corrected chi connectivity index (χ1v) is 7.74. The highest BCUT2D eigenvalue weighted by Gasteiger charge is 2.19. The van der Waals surface area contributed by atoms with Gasteiger partial charge in [0.25, 0.3) is 5.91 Å². The number of hydrogen-bond donors (Lipinski definition) is 3. The van der Waals surface area contributed by atoms with Gasteiger partial charge in [-0.25, -0.2) is 0 Å². The van der Waals surface area contributed by atoms with Gasteiger partial charge in [0.05, 0.1) is 12.1 Å². The molecule has 0 fully saturated rings. The largest absolute Gasteiger partial charge is 0.391 e. The lowest BCUT2D eigenvalue weighted by Crippen LogP contribution is -2.42. The van der Waals surface area contributed by atoms with E-state index in [-0.39, 0.29) is 11.9 Å². The fraction of sp³-hybridized carbons (Fsp3) is 0.211. The summed E-state index contributed by atoms with van der Waals surface area (Å²) >= 11 is 0. The van der Waals surface area contributed by atoms with Crippen LogP contribution in [0.4, 0.5) is 0 Å². The van der Waals surface area contributed by atoms with Gasteiger partial charge in [0.2, 0.25) is 0 Å². The molecule has 1 amide bonds. The Hall–Kier alpha value is -2.59. The van der Waals surface area contributed by atoms with Crippen molar-refractivity contribution in [3.63, 3.8) is 0 Å². The van der Waals surface area contributed by atoms with Crippen LogP contribution in [0, 0.1) is 0 Å². The molecule has 2 unspecified atom stereocenters. The smallest absolute Gasteiger partial charge is 0.252 e. The Bertz CT molecular complexity index is 795. The van der Waals surface area contributed by atoms with E-state index in [9.17, 15) is 9.90 Å². The first-order chi connectivity index (χ1) is 11.1.